The number of para-hydroxylation sites is 1. The molecule has 5 nitrogen and oxygen atoms in total. The summed E-state index contributed by atoms with van der Waals surface area (Å²) >= 11 is 0. The molecule has 124 valence electrons. The minimum absolute atomic E-state index is 0.00163. The highest BCUT2D eigenvalue weighted by atomic mass is 16.5. The van der Waals surface area contributed by atoms with E-state index in [9.17, 15) is 9.59 Å². The molecule has 2 aromatic rings. The predicted octanol–water partition coefficient (Wildman–Crippen LogP) is 2.48. The summed E-state index contributed by atoms with van der Waals surface area (Å²) in [5.74, 6) is 0.478. The molecule has 1 atom stereocenters. The first kappa shape index (κ1) is 16.1. The van der Waals surface area contributed by atoms with Gasteiger partial charge in [0.1, 0.15) is 5.75 Å². The molecule has 0 bridgehead atoms. The molecular weight excluding hydrogens is 304 g/mol. The Morgan fingerprint density at radius 1 is 1.21 bits per heavy atom. The largest absolute Gasteiger partial charge is 0.497 e. The molecule has 5 heteroatoms. The molecule has 1 aliphatic heterocycles. The van der Waals surface area contributed by atoms with Crippen LogP contribution in [0.2, 0.25) is 0 Å². The number of fused-ring (bicyclic) bond motifs is 1. The van der Waals surface area contributed by atoms with Crippen LogP contribution in [0.5, 0.6) is 5.75 Å². The average molecular weight is 324 g/mol. The Kier molecular flexibility index (Phi) is 4.79. The van der Waals surface area contributed by atoms with Gasteiger partial charge >= 0.3 is 0 Å². The van der Waals surface area contributed by atoms with Gasteiger partial charge in [0.2, 0.25) is 11.8 Å². The molecule has 3 rings (SSSR count). The van der Waals surface area contributed by atoms with Gasteiger partial charge in [-0.25, -0.2) is 0 Å². The van der Waals surface area contributed by atoms with E-state index in [0.29, 0.717) is 19.4 Å². The molecule has 2 N–H and O–H groups in total. The van der Waals surface area contributed by atoms with Crippen molar-refractivity contribution in [2.45, 2.75) is 18.8 Å². The summed E-state index contributed by atoms with van der Waals surface area (Å²) in [6, 6.07) is 15.1. The van der Waals surface area contributed by atoms with Crippen LogP contribution in [0, 0.1) is 0 Å². The maximum absolute atomic E-state index is 12.1. The Morgan fingerprint density at radius 3 is 2.88 bits per heavy atom. The first-order valence-electron chi connectivity index (χ1n) is 7.97. The highest BCUT2D eigenvalue weighted by Crippen LogP contribution is 2.33. The first-order valence-corrected chi connectivity index (χ1v) is 7.97. The van der Waals surface area contributed by atoms with Crippen molar-refractivity contribution >= 4 is 17.5 Å². The maximum Gasteiger partial charge on any atom is 0.232 e. The monoisotopic (exact) mass is 324 g/mol. The van der Waals surface area contributed by atoms with Crippen molar-refractivity contribution in [3.05, 3.63) is 59.7 Å². The summed E-state index contributed by atoms with van der Waals surface area (Å²) in [5.41, 5.74) is 2.77. The lowest BCUT2D eigenvalue weighted by Gasteiger charge is -2.10. The van der Waals surface area contributed by atoms with Crippen molar-refractivity contribution in [2.75, 3.05) is 19.0 Å². The molecule has 2 aromatic carbocycles. The molecule has 24 heavy (non-hydrogen) atoms. The van der Waals surface area contributed by atoms with Gasteiger partial charge in [0, 0.05) is 12.2 Å². The van der Waals surface area contributed by atoms with E-state index in [1.54, 1.807) is 7.11 Å². The van der Waals surface area contributed by atoms with Crippen molar-refractivity contribution in [2.24, 2.45) is 0 Å². The van der Waals surface area contributed by atoms with Gasteiger partial charge in [-0.2, -0.15) is 0 Å². The van der Waals surface area contributed by atoms with E-state index in [1.807, 2.05) is 48.5 Å². The molecule has 0 spiro atoms. The van der Waals surface area contributed by atoms with Crippen molar-refractivity contribution in [1.82, 2.24) is 5.32 Å². The molecule has 0 saturated heterocycles. The van der Waals surface area contributed by atoms with Gasteiger partial charge in [0.15, 0.2) is 0 Å². The van der Waals surface area contributed by atoms with Gasteiger partial charge in [-0.15, -0.1) is 0 Å². The van der Waals surface area contributed by atoms with Crippen molar-refractivity contribution in [1.29, 1.82) is 0 Å². The lowest BCUT2D eigenvalue weighted by molar-refractivity contribution is -0.121. The Bertz CT molecular complexity index is 758. The Balaban J connectivity index is 1.51. The van der Waals surface area contributed by atoms with Gasteiger partial charge in [-0.05, 0) is 35.7 Å². The second kappa shape index (κ2) is 7.17. The maximum atomic E-state index is 12.1. The first-order chi connectivity index (χ1) is 11.7. The summed E-state index contributed by atoms with van der Waals surface area (Å²) in [6.45, 7) is 0.467. The summed E-state index contributed by atoms with van der Waals surface area (Å²) in [4.78, 5) is 24.1. The average Bonchev–Trinajstić information content (AvgIpc) is 2.91. The Hall–Kier alpha value is -2.82. The van der Waals surface area contributed by atoms with Crippen molar-refractivity contribution < 1.29 is 14.3 Å². The van der Waals surface area contributed by atoms with E-state index in [-0.39, 0.29) is 17.7 Å². The normalized spacial score (nSPS) is 15.5. The van der Waals surface area contributed by atoms with Crippen LogP contribution in [0.3, 0.4) is 0 Å². The molecule has 0 radical (unpaired) electrons. The highest BCUT2D eigenvalue weighted by Gasteiger charge is 2.29. The van der Waals surface area contributed by atoms with Gasteiger partial charge in [0.25, 0.3) is 0 Å². The number of carbonyl (C=O) groups is 2. The zero-order valence-corrected chi connectivity index (χ0v) is 13.5. The van der Waals surface area contributed by atoms with Crippen LogP contribution in [0.4, 0.5) is 5.69 Å². The number of hydrogen-bond donors (Lipinski definition) is 2. The Labute approximate surface area is 141 Å². The van der Waals surface area contributed by atoms with Crippen LogP contribution in [-0.2, 0) is 16.0 Å². The van der Waals surface area contributed by atoms with E-state index in [4.69, 9.17) is 4.74 Å². The Morgan fingerprint density at radius 2 is 2.04 bits per heavy atom. The molecule has 0 aromatic heterocycles. The van der Waals surface area contributed by atoms with Crippen LogP contribution in [0.25, 0.3) is 0 Å². The summed E-state index contributed by atoms with van der Waals surface area (Å²) in [6.07, 6.45) is 0.886. The zero-order chi connectivity index (χ0) is 16.9. The minimum atomic E-state index is -0.196. The quantitative estimate of drug-likeness (QED) is 0.858. The summed E-state index contributed by atoms with van der Waals surface area (Å²) in [7, 11) is 1.60. The number of ether oxygens (including phenoxy) is 1. The van der Waals surface area contributed by atoms with E-state index >= 15 is 0 Å². The summed E-state index contributed by atoms with van der Waals surface area (Å²) in [5, 5.41) is 5.76. The number of hydrogen-bond acceptors (Lipinski definition) is 3. The van der Waals surface area contributed by atoms with Crippen LogP contribution >= 0.6 is 0 Å². The van der Waals surface area contributed by atoms with Crippen LogP contribution in [0.15, 0.2) is 48.5 Å². The number of carbonyl (C=O) groups excluding carboxylic acids is 2. The third-order valence-electron chi connectivity index (χ3n) is 4.16. The number of amides is 2. The van der Waals surface area contributed by atoms with Crippen LogP contribution < -0.4 is 15.4 Å². The second-order valence-electron chi connectivity index (χ2n) is 5.80. The third-order valence-corrected chi connectivity index (χ3v) is 4.16. The second-order valence-corrected chi connectivity index (χ2v) is 5.80. The molecule has 1 unspecified atom stereocenters. The van der Waals surface area contributed by atoms with Gasteiger partial charge < -0.3 is 15.4 Å². The van der Waals surface area contributed by atoms with Crippen LogP contribution in [0.1, 0.15) is 23.5 Å². The fraction of sp³-hybridized carbons (Fsp3) is 0.263. The fourth-order valence-corrected chi connectivity index (χ4v) is 2.95. The van der Waals surface area contributed by atoms with Crippen molar-refractivity contribution in [3.63, 3.8) is 0 Å². The standard InChI is InChI=1S/C19H20N2O3/c1-24-14-6-4-5-13(11-14)12-18(22)20-10-9-16-15-7-2-3-8-17(15)21-19(16)23/h2-8,11,16H,9-10,12H2,1H3,(H,20,22)(H,21,23). The third kappa shape index (κ3) is 3.56. The molecule has 0 aliphatic carbocycles. The minimum Gasteiger partial charge on any atom is -0.497 e. The molecule has 2 amide bonds. The van der Waals surface area contributed by atoms with E-state index in [2.05, 4.69) is 10.6 Å². The smallest absolute Gasteiger partial charge is 0.232 e. The van der Waals surface area contributed by atoms with Gasteiger partial charge in [-0.1, -0.05) is 30.3 Å². The number of benzene rings is 2. The van der Waals surface area contributed by atoms with Gasteiger partial charge in [-0.3, -0.25) is 9.59 Å². The van der Waals surface area contributed by atoms with E-state index in [1.165, 1.54) is 0 Å². The fourth-order valence-electron chi connectivity index (χ4n) is 2.95. The SMILES string of the molecule is COc1cccc(CC(=O)NCCC2C(=O)Nc3ccccc32)c1. The number of methoxy groups -OCH3 is 1. The molecule has 1 heterocycles. The molecular formula is C19H20N2O3. The number of anilines is 1. The molecule has 0 fully saturated rings. The van der Waals surface area contributed by atoms with Crippen LogP contribution in [-0.4, -0.2) is 25.5 Å². The van der Waals surface area contributed by atoms with E-state index < -0.39 is 0 Å². The number of nitrogens with one attached hydrogen (secondary N) is 2. The zero-order valence-electron chi connectivity index (χ0n) is 13.5. The lowest BCUT2D eigenvalue weighted by atomic mass is 9.97. The molecule has 0 saturated carbocycles. The summed E-state index contributed by atoms with van der Waals surface area (Å²) < 4.78 is 5.15. The topological polar surface area (TPSA) is 67.4 Å². The van der Waals surface area contributed by atoms with Crippen molar-refractivity contribution in [3.8, 4) is 5.75 Å². The van der Waals surface area contributed by atoms with E-state index in [0.717, 1.165) is 22.6 Å². The molecule has 1 aliphatic rings. The predicted molar refractivity (Wildman–Crippen MR) is 92.1 cm³/mol. The number of rotatable bonds is 6. The van der Waals surface area contributed by atoms with Gasteiger partial charge in [0.05, 0.1) is 19.4 Å². The highest BCUT2D eigenvalue weighted by molar-refractivity contribution is 6.02. The lowest BCUT2D eigenvalue weighted by Crippen LogP contribution is -2.28.